The van der Waals surface area contributed by atoms with E-state index in [0.29, 0.717) is 10.9 Å². The first kappa shape index (κ1) is 15.8. The van der Waals surface area contributed by atoms with Crippen molar-refractivity contribution in [2.75, 3.05) is 7.05 Å². The lowest BCUT2D eigenvalue weighted by Gasteiger charge is -2.24. The Hall–Kier alpha value is -1.57. The van der Waals surface area contributed by atoms with E-state index in [1.165, 1.54) is 11.4 Å². The summed E-state index contributed by atoms with van der Waals surface area (Å²) in [5.74, 6) is 0. The summed E-state index contributed by atoms with van der Waals surface area (Å²) in [6, 6.07) is 6.26. The molecule has 0 aliphatic carbocycles. The quantitative estimate of drug-likeness (QED) is 0.869. The molecule has 0 aliphatic rings. The van der Waals surface area contributed by atoms with Crippen LogP contribution >= 0.6 is 12.2 Å². The summed E-state index contributed by atoms with van der Waals surface area (Å²) >= 11 is 4.89. The second-order valence-corrected chi connectivity index (χ2v) is 7.32. The summed E-state index contributed by atoms with van der Waals surface area (Å²) < 4.78 is 26.8. The van der Waals surface area contributed by atoms with Gasteiger partial charge in [0.25, 0.3) is 0 Å². The molecule has 0 bridgehead atoms. The molecule has 112 valence electrons. The van der Waals surface area contributed by atoms with Crippen molar-refractivity contribution in [2.45, 2.75) is 24.8 Å². The van der Waals surface area contributed by atoms with Crippen molar-refractivity contribution in [3.63, 3.8) is 0 Å². The number of hydrogen-bond acceptors (Lipinski definition) is 4. The van der Waals surface area contributed by atoms with E-state index >= 15 is 0 Å². The van der Waals surface area contributed by atoms with Crippen LogP contribution in [0.15, 0.2) is 35.4 Å². The molecule has 0 saturated heterocycles. The zero-order chi connectivity index (χ0) is 15.8. The van der Waals surface area contributed by atoms with Crippen molar-refractivity contribution >= 4 is 38.1 Å². The normalized spacial score (nSPS) is 13.5. The fourth-order valence-electron chi connectivity index (χ4n) is 2.06. The molecular weight excluding hydrogens is 306 g/mol. The number of benzene rings is 1. The lowest BCUT2D eigenvalue weighted by atomic mass is 10.1. The second-order valence-electron chi connectivity index (χ2n) is 4.88. The van der Waals surface area contributed by atoms with Crippen LogP contribution in [-0.4, -0.2) is 35.8 Å². The molecular formula is C14H17N3O2S2. The first-order valence-electron chi connectivity index (χ1n) is 6.38. The molecule has 1 aromatic heterocycles. The molecule has 7 heteroatoms. The average Bonchev–Trinajstić information content (AvgIpc) is 2.45. The first-order valence-corrected chi connectivity index (χ1v) is 8.23. The Bertz CT molecular complexity index is 803. The second kappa shape index (κ2) is 5.67. The Morgan fingerprint density at radius 3 is 2.67 bits per heavy atom. The highest BCUT2D eigenvalue weighted by Crippen LogP contribution is 2.27. The van der Waals surface area contributed by atoms with Gasteiger partial charge in [-0.3, -0.25) is 4.98 Å². The third-order valence-corrected chi connectivity index (χ3v) is 5.87. The molecule has 0 radical (unpaired) electrons. The molecule has 0 amide bonds. The maximum absolute atomic E-state index is 12.8. The number of fused-ring (bicyclic) bond motifs is 1. The lowest BCUT2D eigenvalue weighted by Crippen LogP contribution is -2.42. The highest BCUT2D eigenvalue weighted by atomic mass is 32.2. The van der Waals surface area contributed by atoms with Crippen LogP contribution < -0.4 is 5.73 Å². The van der Waals surface area contributed by atoms with Crippen molar-refractivity contribution in [3.05, 3.63) is 36.0 Å². The Morgan fingerprint density at radius 1 is 1.38 bits per heavy atom. The van der Waals surface area contributed by atoms with Crippen LogP contribution in [0.5, 0.6) is 0 Å². The molecule has 0 saturated carbocycles. The van der Waals surface area contributed by atoms with E-state index < -0.39 is 16.1 Å². The van der Waals surface area contributed by atoms with Crippen LogP contribution in [0, 0.1) is 6.92 Å². The number of sulfonamides is 1. The van der Waals surface area contributed by atoms with E-state index in [0.717, 1.165) is 5.56 Å². The van der Waals surface area contributed by atoms with Crippen molar-refractivity contribution in [1.29, 1.82) is 0 Å². The first-order chi connectivity index (χ1) is 9.76. The molecule has 0 fully saturated rings. The van der Waals surface area contributed by atoms with Gasteiger partial charge < -0.3 is 5.73 Å². The van der Waals surface area contributed by atoms with Crippen molar-refractivity contribution in [1.82, 2.24) is 9.29 Å². The molecule has 1 aromatic carbocycles. The summed E-state index contributed by atoms with van der Waals surface area (Å²) in [5.41, 5.74) is 7.16. The van der Waals surface area contributed by atoms with Gasteiger partial charge in [0, 0.05) is 18.6 Å². The molecule has 21 heavy (non-hydrogen) atoms. The maximum Gasteiger partial charge on any atom is 0.244 e. The topological polar surface area (TPSA) is 76.3 Å². The Balaban J connectivity index is 2.66. The standard InChI is InChI=1S/C14H17N3O2S2/c1-9-6-7-12(11-5-4-8-16-13(9)11)21(18,19)17(3)10(2)14(15)20/h4-8,10H,1-3H3,(H2,15,20). The number of aryl methyl sites for hydroxylation is 1. The molecule has 5 nitrogen and oxygen atoms in total. The van der Waals surface area contributed by atoms with Gasteiger partial charge in [-0.15, -0.1) is 0 Å². The number of thiocarbonyl (C=S) groups is 1. The average molecular weight is 323 g/mol. The van der Waals surface area contributed by atoms with E-state index in [4.69, 9.17) is 18.0 Å². The monoisotopic (exact) mass is 323 g/mol. The van der Waals surface area contributed by atoms with E-state index in [2.05, 4.69) is 4.98 Å². The van der Waals surface area contributed by atoms with Gasteiger partial charge in [0.2, 0.25) is 10.0 Å². The van der Waals surface area contributed by atoms with Crippen LogP contribution in [0.4, 0.5) is 0 Å². The zero-order valence-corrected chi connectivity index (χ0v) is 13.7. The molecule has 0 aliphatic heterocycles. The summed E-state index contributed by atoms with van der Waals surface area (Å²) in [6.45, 7) is 3.56. The van der Waals surface area contributed by atoms with Crippen LogP contribution in [0.25, 0.3) is 10.9 Å². The molecule has 1 atom stereocenters. The van der Waals surface area contributed by atoms with Gasteiger partial charge in [0.05, 0.1) is 21.4 Å². The van der Waals surface area contributed by atoms with Crippen LogP contribution in [0.2, 0.25) is 0 Å². The minimum Gasteiger partial charge on any atom is -0.392 e. The third-order valence-electron chi connectivity index (χ3n) is 3.55. The van der Waals surface area contributed by atoms with Gasteiger partial charge in [0.1, 0.15) is 0 Å². The highest BCUT2D eigenvalue weighted by molar-refractivity contribution is 7.89. The number of aromatic nitrogens is 1. The molecule has 0 spiro atoms. The SMILES string of the molecule is Cc1ccc(S(=O)(=O)N(C)C(C)C(N)=S)c2cccnc12. The predicted molar refractivity (Wildman–Crippen MR) is 87.7 cm³/mol. The summed E-state index contributed by atoms with van der Waals surface area (Å²) in [5, 5.41) is 0.597. The minimum absolute atomic E-state index is 0.135. The van der Waals surface area contributed by atoms with Crippen LogP contribution in [-0.2, 0) is 10.0 Å². The molecule has 2 aromatic rings. The number of rotatable bonds is 4. The number of nitrogens with two attached hydrogens (primary N) is 1. The van der Waals surface area contributed by atoms with E-state index in [1.807, 2.05) is 6.92 Å². The molecule has 1 heterocycles. The smallest absolute Gasteiger partial charge is 0.244 e. The van der Waals surface area contributed by atoms with Crippen molar-refractivity contribution in [2.24, 2.45) is 5.73 Å². The minimum atomic E-state index is -3.70. The Labute approximate surface area is 129 Å². The Kier molecular flexibility index (Phi) is 4.27. The van der Waals surface area contributed by atoms with E-state index in [-0.39, 0.29) is 9.88 Å². The van der Waals surface area contributed by atoms with Gasteiger partial charge >= 0.3 is 0 Å². The van der Waals surface area contributed by atoms with Crippen molar-refractivity contribution < 1.29 is 8.42 Å². The largest absolute Gasteiger partial charge is 0.392 e. The molecule has 1 unspecified atom stereocenters. The van der Waals surface area contributed by atoms with Gasteiger partial charge in [-0.1, -0.05) is 18.3 Å². The summed E-state index contributed by atoms with van der Waals surface area (Å²) in [7, 11) is -2.23. The fraction of sp³-hybridized carbons (Fsp3) is 0.286. The summed E-state index contributed by atoms with van der Waals surface area (Å²) in [4.78, 5) is 4.61. The van der Waals surface area contributed by atoms with Crippen LogP contribution in [0.1, 0.15) is 12.5 Å². The van der Waals surface area contributed by atoms with Gasteiger partial charge in [-0.25, -0.2) is 8.42 Å². The van der Waals surface area contributed by atoms with Crippen molar-refractivity contribution in [3.8, 4) is 0 Å². The van der Waals surface area contributed by atoms with E-state index in [1.54, 1.807) is 37.4 Å². The number of pyridine rings is 1. The fourth-order valence-corrected chi connectivity index (χ4v) is 3.80. The van der Waals surface area contributed by atoms with Crippen LogP contribution in [0.3, 0.4) is 0 Å². The third kappa shape index (κ3) is 2.76. The molecule has 2 N–H and O–H groups in total. The van der Waals surface area contributed by atoms with E-state index in [9.17, 15) is 8.42 Å². The number of hydrogen-bond donors (Lipinski definition) is 1. The number of nitrogens with zero attached hydrogens (tertiary/aromatic N) is 2. The maximum atomic E-state index is 12.8. The lowest BCUT2D eigenvalue weighted by molar-refractivity contribution is 0.452. The highest BCUT2D eigenvalue weighted by Gasteiger charge is 2.28. The van der Waals surface area contributed by atoms with Gasteiger partial charge in [0.15, 0.2) is 0 Å². The summed E-state index contributed by atoms with van der Waals surface area (Å²) in [6.07, 6.45) is 1.65. The molecule has 2 rings (SSSR count). The Morgan fingerprint density at radius 2 is 2.05 bits per heavy atom. The zero-order valence-electron chi connectivity index (χ0n) is 12.1. The van der Waals surface area contributed by atoms with Gasteiger partial charge in [-0.2, -0.15) is 4.31 Å². The number of likely N-dealkylation sites (N-methyl/N-ethyl adjacent to an activating group) is 1. The van der Waals surface area contributed by atoms with Gasteiger partial charge in [-0.05, 0) is 37.6 Å². The predicted octanol–water partition coefficient (Wildman–Crippen LogP) is 1.84.